The van der Waals surface area contributed by atoms with E-state index in [2.05, 4.69) is 16.7 Å². The van der Waals surface area contributed by atoms with E-state index in [1.807, 2.05) is 54.6 Å². The Kier molecular flexibility index (Phi) is 4.81. The zero-order valence-electron chi connectivity index (χ0n) is 17.0. The summed E-state index contributed by atoms with van der Waals surface area (Å²) in [6, 6.07) is 20.6. The van der Waals surface area contributed by atoms with Gasteiger partial charge in [0, 0.05) is 25.1 Å². The number of piperidine rings is 1. The van der Waals surface area contributed by atoms with Crippen molar-refractivity contribution in [1.29, 1.82) is 0 Å². The predicted molar refractivity (Wildman–Crippen MR) is 118 cm³/mol. The van der Waals surface area contributed by atoms with Crippen LogP contribution in [0.5, 0.6) is 5.75 Å². The van der Waals surface area contributed by atoms with Gasteiger partial charge in [-0.1, -0.05) is 48.5 Å². The first-order valence-corrected chi connectivity index (χ1v) is 11.9. The van der Waals surface area contributed by atoms with Crippen LogP contribution in [0.2, 0.25) is 0 Å². The van der Waals surface area contributed by atoms with E-state index in [-0.39, 0.29) is 11.6 Å². The number of benzene rings is 3. The molecule has 1 N–H and O–H groups in total. The van der Waals surface area contributed by atoms with Crippen LogP contribution < -0.4 is 9.46 Å². The van der Waals surface area contributed by atoms with Crippen LogP contribution in [-0.4, -0.2) is 39.1 Å². The molecule has 6 heteroatoms. The molecule has 1 saturated heterocycles. The second-order valence-electron chi connectivity index (χ2n) is 8.51. The normalized spacial score (nSPS) is 21.3. The van der Waals surface area contributed by atoms with Crippen molar-refractivity contribution in [1.82, 2.24) is 9.62 Å². The van der Waals surface area contributed by atoms with Crippen LogP contribution in [0.25, 0.3) is 10.8 Å². The van der Waals surface area contributed by atoms with Gasteiger partial charge in [0.1, 0.15) is 11.4 Å². The number of fused-ring (bicyclic) bond motifs is 2. The molecule has 1 spiro atoms. The largest absolute Gasteiger partial charge is 0.487 e. The van der Waals surface area contributed by atoms with E-state index < -0.39 is 10.0 Å². The average molecular weight is 423 g/mol. The standard InChI is InChI=1S/C24H26N2O3S/c1-26-14-12-24(13-15-26)17-22(21-8-4-5-9-23(21)29-24)25-30(27,28)20-11-10-18-6-2-3-7-19(18)16-20/h2-11,16,22,25H,12-15,17H2,1H3. The van der Waals surface area contributed by atoms with Crippen molar-refractivity contribution in [2.45, 2.75) is 35.8 Å². The maximum atomic E-state index is 13.3. The van der Waals surface area contributed by atoms with Crippen molar-refractivity contribution in [3.8, 4) is 5.75 Å². The first kappa shape index (κ1) is 19.5. The van der Waals surface area contributed by atoms with Crippen LogP contribution >= 0.6 is 0 Å². The Hall–Kier alpha value is -2.41. The fraction of sp³-hybridized carbons (Fsp3) is 0.333. The van der Waals surface area contributed by atoms with Crippen LogP contribution in [0.3, 0.4) is 0 Å². The first-order chi connectivity index (χ1) is 14.4. The fourth-order valence-corrected chi connectivity index (χ4v) is 5.90. The molecule has 0 aromatic heterocycles. The predicted octanol–water partition coefficient (Wildman–Crippen LogP) is 4.11. The van der Waals surface area contributed by atoms with E-state index in [0.29, 0.717) is 11.3 Å². The van der Waals surface area contributed by atoms with Crippen LogP contribution in [0, 0.1) is 0 Å². The van der Waals surface area contributed by atoms with Crippen molar-refractivity contribution in [2.75, 3.05) is 20.1 Å². The number of para-hydroxylation sites is 1. The van der Waals surface area contributed by atoms with E-state index in [4.69, 9.17) is 4.74 Å². The van der Waals surface area contributed by atoms with Gasteiger partial charge < -0.3 is 9.64 Å². The molecule has 5 rings (SSSR count). The summed E-state index contributed by atoms with van der Waals surface area (Å²) in [6.45, 7) is 1.90. The molecular formula is C24H26N2O3S. The van der Waals surface area contributed by atoms with E-state index >= 15 is 0 Å². The lowest BCUT2D eigenvalue weighted by atomic mass is 9.81. The highest BCUT2D eigenvalue weighted by atomic mass is 32.2. The molecule has 1 fully saturated rings. The third-order valence-corrected chi connectivity index (χ3v) is 7.89. The minimum atomic E-state index is -3.68. The van der Waals surface area contributed by atoms with E-state index in [1.54, 1.807) is 12.1 Å². The number of ether oxygens (including phenoxy) is 1. The molecule has 156 valence electrons. The third kappa shape index (κ3) is 3.60. The van der Waals surface area contributed by atoms with E-state index in [0.717, 1.165) is 48.0 Å². The maximum Gasteiger partial charge on any atom is 0.241 e. The van der Waals surface area contributed by atoms with Gasteiger partial charge in [0.05, 0.1) is 10.9 Å². The Morgan fingerprint density at radius 2 is 1.67 bits per heavy atom. The first-order valence-electron chi connectivity index (χ1n) is 10.4. The van der Waals surface area contributed by atoms with Gasteiger partial charge in [-0.25, -0.2) is 13.1 Å². The minimum absolute atomic E-state index is 0.294. The molecule has 0 bridgehead atoms. The van der Waals surface area contributed by atoms with Crippen molar-refractivity contribution in [2.24, 2.45) is 0 Å². The average Bonchev–Trinajstić information content (AvgIpc) is 2.75. The van der Waals surface area contributed by atoms with E-state index in [9.17, 15) is 8.42 Å². The van der Waals surface area contributed by atoms with Gasteiger partial charge in [-0.3, -0.25) is 0 Å². The highest BCUT2D eigenvalue weighted by molar-refractivity contribution is 7.89. The Morgan fingerprint density at radius 3 is 2.47 bits per heavy atom. The highest BCUT2D eigenvalue weighted by Gasteiger charge is 2.43. The molecule has 0 aliphatic carbocycles. The van der Waals surface area contributed by atoms with Crippen molar-refractivity contribution >= 4 is 20.8 Å². The molecule has 3 aromatic rings. The van der Waals surface area contributed by atoms with Crippen molar-refractivity contribution < 1.29 is 13.2 Å². The van der Waals surface area contributed by atoms with Gasteiger partial charge in [0.2, 0.25) is 10.0 Å². The number of hydrogen-bond acceptors (Lipinski definition) is 4. The summed E-state index contributed by atoms with van der Waals surface area (Å²) in [7, 11) is -1.56. The molecular weight excluding hydrogens is 396 g/mol. The van der Waals surface area contributed by atoms with Gasteiger partial charge >= 0.3 is 0 Å². The van der Waals surface area contributed by atoms with E-state index in [1.165, 1.54) is 0 Å². The quantitative estimate of drug-likeness (QED) is 0.690. The molecule has 2 aliphatic heterocycles. The summed E-state index contributed by atoms with van der Waals surface area (Å²) < 4.78 is 36.1. The lowest BCUT2D eigenvalue weighted by Gasteiger charge is -2.46. The number of nitrogens with one attached hydrogen (secondary N) is 1. The van der Waals surface area contributed by atoms with Gasteiger partial charge in [-0.15, -0.1) is 0 Å². The van der Waals surface area contributed by atoms with Gasteiger partial charge in [0.25, 0.3) is 0 Å². The molecule has 2 aliphatic rings. The minimum Gasteiger partial charge on any atom is -0.487 e. The summed E-state index contributed by atoms with van der Waals surface area (Å²) in [5.41, 5.74) is 0.587. The van der Waals surface area contributed by atoms with Crippen LogP contribution in [0.15, 0.2) is 71.6 Å². The zero-order valence-corrected chi connectivity index (χ0v) is 17.9. The molecule has 0 saturated carbocycles. The topological polar surface area (TPSA) is 58.6 Å². The molecule has 5 nitrogen and oxygen atoms in total. The number of likely N-dealkylation sites (tertiary alicyclic amines) is 1. The Bertz CT molecular complexity index is 1180. The molecule has 0 radical (unpaired) electrons. The Labute approximate surface area is 177 Å². The molecule has 0 amide bonds. The summed E-state index contributed by atoms with van der Waals surface area (Å²) in [5, 5.41) is 1.94. The number of rotatable bonds is 3. The number of sulfonamides is 1. The third-order valence-electron chi connectivity index (χ3n) is 6.42. The van der Waals surface area contributed by atoms with Gasteiger partial charge in [-0.2, -0.15) is 0 Å². The fourth-order valence-electron chi connectivity index (χ4n) is 4.65. The smallest absolute Gasteiger partial charge is 0.241 e. The van der Waals surface area contributed by atoms with Crippen molar-refractivity contribution in [3.05, 3.63) is 72.3 Å². The second-order valence-corrected chi connectivity index (χ2v) is 10.2. The molecule has 3 aromatic carbocycles. The highest BCUT2D eigenvalue weighted by Crippen LogP contribution is 2.44. The monoisotopic (exact) mass is 422 g/mol. The van der Waals surface area contributed by atoms with Gasteiger partial charge in [-0.05, 0) is 48.9 Å². The van der Waals surface area contributed by atoms with Crippen LogP contribution in [-0.2, 0) is 10.0 Å². The van der Waals surface area contributed by atoms with Gasteiger partial charge in [0.15, 0.2) is 0 Å². The second kappa shape index (κ2) is 7.38. The molecule has 2 heterocycles. The lowest BCUT2D eigenvalue weighted by Crippen LogP contribution is -2.51. The number of nitrogens with zero attached hydrogens (tertiary/aromatic N) is 1. The SMILES string of the molecule is CN1CCC2(CC1)CC(NS(=O)(=O)c1ccc3ccccc3c1)c1ccccc1O2. The molecule has 1 atom stereocenters. The Morgan fingerprint density at radius 1 is 0.967 bits per heavy atom. The Balaban J connectivity index is 1.48. The molecule has 1 unspecified atom stereocenters. The molecule has 30 heavy (non-hydrogen) atoms. The lowest BCUT2D eigenvalue weighted by molar-refractivity contribution is -0.0179. The summed E-state index contributed by atoms with van der Waals surface area (Å²) >= 11 is 0. The summed E-state index contributed by atoms with van der Waals surface area (Å²) in [6.07, 6.45) is 2.43. The van der Waals surface area contributed by atoms with Crippen LogP contribution in [0.1, 0.15) is 30.9 Å². The summed E-state index contributed by atoms with van der Waals surface area (Å²) in [5.74, 6) is 0.791. The maximum absolute atomic E-state index is 13.3. The summed E-state index contributed by atoms with van der Waals surface area (Å²) in [4.78, 5) is 2.59. The zero-order chi connectivity index (χ0) is 20.8. The number of hydrogen-bond donors (Lipinski definition) is 1. The van der Waals surface area contributed by atoms with Crippen LogP contribution in [0.4, 0.5) is 0 Å². The van der Waals surface area contributed by atoms with Crippen molar-refractivity contribution in [3.63, 3.8) is 0 Å².